The molecule has 0 aliphatic rings. The topological polar surface area (TPSA) is 37.3 Å². The molecule has 0 bridgehead atoms. The molecule has 1 N–H and O–H groups in total. The Morgan fingerprint density at radius 3 is 2.33 bits per heavy atom. The molecule has 0 spiro atoms. The first-order chi connectivity index (χ1) is 8.77. The van der Waals surface area contributed by atoms with Crippen LogP contribution < -0.4 is 0 Å². The largest absolute Gasteiger partial charge is 0.481 e. The summed E-state index contributed by atoms with van der Waals surface area (Å²) >= 11 is 0. The number of hydrogen-bond donors (Lipinski definition) is 1. The van der Waals surface area contributed by atoms with Crippen LogP contribution in [0.5, 0.6) is 0 Å². The normalized spacial score (nSPS) is 11.8. The van der Waals surface area contributed by atoms with Crippen LogP contribution in [0.4, 0.5) is 0 Å². The second kappa shape index (κ2) is 13.5. The molecule has 0 saturated carbocycles. The number of unbranched alkanes of at least 4 members (excludes halogenated alkanes) is 4. The Morgan fingerprint density at radius 1 is 0.944 bits per heavy atom. The van der Waals surface area contributed by atoms with E-state index in [4.69, 9.17) is 5.11 Å². The van der Waals surface area contributed by atoms with Crippen molar-refractivity contribution in [3.8, 4) is 0 Å². The molecule has 0 aromatic rings. The molecule has 0 unspecified atom stereocenters. The van der Waals surface area contributed by atoms with Gasteiger partial charge in [0.25, 0.3) is 0 Å². The van der Waals surface area contributed by atoms with E-state index in [9.17, 15) is 4.79 Å². The Balaban J connectivity index is 3.30. The Kier molecular flexibility index (Phi) is 12.3. The van der Waals surface area contributed by atoms with E-state index < -0.39 is 5.97 Å². The van der Waals surface area contributed by atoms with Crippen molar-refractivity contribution in [3.05, 3.63) is 49.1 Å². The Hall–Kier alpha value is -1.57. The van der Waals surface area contributed by atoms with Gasteiger partial charge < -0.3 is 5.11 Å². The lowest BCUT2D eigenvalue weighted by molar-refractivity contribution is -0.137. The van der Waals surface area contributed by atoms with Crippen LogP contribution in [0.1, 0.15) is 44.9 Å². The summed E-state index contributed by atoms with van der Waals surface area (Å²) in [5.41, 5.74) is 0. The third-order valence-electron chi connectivity index (χ3n) is 2.44. The molecule has 0 amide bonds. The van der Waals surface area contributed by atoms with Crippen molar-refractivity contribution >= 4 is 5.97 Å². The molecule has 0 aromatic heterocycles. The molecule has 2 nitrogen and oxygen atoms in total. The highest BCUT2D eigenvalue weighted by Crippen LogP contribution is 2.05. The first-order valence-corrected chi connectivity index (χ1v) is 6.58. The van der Waals surface area contributed by atoms with Crippen molar-refractivity contribution in [2.75, 3.05) is 0 Å². The molecule has 100 valence electrons. The van der Waals surface area contributed by atoms with Crippen molar-refractivity contribution in [1.82, 2.24) is 0 Å². The van der Waals surface area contributed by atoms with Gasteiger partial charge in [-0.2, -0.15) is 0 Å². The van der Waals surface area contributed by atoms with Crippen molar-refractivity contribution < 1.29 is 9.90 Å². The van der Waals surface area contributed by atoms with Gasteiger partial charge in [0.2, 0.25) is 0 Å². The molecule has 0 aromatic carbocycles. The minimum Gasteiger partial charge on any atom is -0.481 e. The number of carboxylic acid groups (broad SMARTS) is 1. The van der Waals surface area contributed by atoms with Crippen LogP contribution in [0, 0.1) is 0 Å². The van der Waals surface area contributed by atoms with Crippen molar-refractivity contribution in [1.29, 1.82) is 0 Å². The van der Waals surface area contributed by atoms with Gasteiger partial charge in [-0.3, -0.25) is 4.79 Å². The molecule has 0 radical (unpaired) electrons. The third-order valence-corrected chi connectivity index (χ3v) is 2.44. The number of carbonyl (C=O) groups is 1. The van der Waals surface area contributed by atoms with Crippen LogP contribution in [0.15, 0.2) is 49.1 Å². The number of allylic oxidation sites excluding steroid dienone is 7. The quantitative estimate of drug-likeness (QED) is 0.426. The lowest BCUT2D eigenvalue weighted by Crippen LogP contribution is -1.93. The zero-order valence-corrected chi connectivity index (χ0v) is 11.1. The SMILES string of the molecule is C=C/C=C/C/C=C/C=C/CCCCCCC(=O)O. The molecule has 0 fully saturated rings. The van der Waals surface area contributed by atoms with Crippen LogP contribution in [-0.2, 0) is 4.79 Å². The van der Waals surface area contributed by atoms with Gasteiger partial charge in [-0.25, -0.2) is 0 Å². The predicted molar refractivity (Wildman–Crippen MR) is 77.6 cm³/mol. The van der Waals surface area contributed by atoms with E-state index in [0.717, 1.165) is 38.5 Å². The van der Waals surface area contributed by atoms with E-state index in [1.165, 1.54) is 0 Å². The highest BCUT2D eigenvalue weighted by molar-refractivity contribution is 5.66. The summed E-state index contributed by atoms with van der Waals surface area (Å²) in [6.07, 6.45) is 20.5. The second-order valence-corrected chi connectivity index (χ2v) is 4.10. The number of hydrogen-bond acceptors (Lipinski definition) is 1. The minimum atomic E-state index is -0.689. The summed E-state index contributed by atoms with van der Waals surface area (Å²) in [6.45, 7) is 3.60. The molecule has 18 heavy (non-hydrogen) atoms. The average Bonchev–Trinajstić information content (AvgIpc) is 2.34. The molecular weight excluding hydrogens is 224 g/mol. The summed E-state index contributed by atoms with van der Waals surface area (Å²) in [7, 11) is 0. The minimum absolute atomic E-state index is 0.302. The fraction of sp³-hybridized carbons (Fsp3) is 0.438. The molecule has 0 atom stereocenters. The summed E-state index contributed by atoms with van der Waals surface area (Å²) in [5.74, 6) is -0.689. The van der Waals surface area contributed by atoms with Gasteiger partial charge >= 0.3 is 5.97 Å². The maximum Gasteiger partial charge on any atom is 0.303 e. The van der Waals surface area contributed by atoms with Gasteiger partial charge in [0, 0.05) is 6.42 Å². The van der Waals surface area contributed by atoms with Crippen molar-refractivity contribution in [2.45, 2.75) is 44.9 Å². The van der Waals surface area contributed by atoms with Crippen molar-refractivity contribution in [3.63, 3.8) is 0 Å². The number of carboxylic acids is 1. The maximum atomic E-state index is 10.3. The summed E-state index contributed by atoms with van der Waals surface area (Å²) in [4.78, 5) is 10.3. The summed E-state index contributed by atoms with van der Waals surface area (Å²) in [5, 5.41) is 8.46. The van der Waals surface area contributed by atoms with Gasteiger partial charge in [-0.05, 0) is 25.7 Å². The first-order valence-electron chi connectivity index (χ1n) is 6.58. The first kappa shape index (κ1) is 16.4. The lowest BCUT2D eigenvalue weighted by atomic mass is 10.1. The average molecular weight is 248 g/mol. The van der Waals surface area contributed by atoms with Crippen molar-refractivity contribution in [2.24, 2.45) is 0 Å². The standard InChI is InChI=1S/C16H24O2/c1-2-3-4-5-6-7-8-9-10-11-12-13-14-15-16(17)18/h2-4,6-9H,1,5,10-15H2,(H,17,18)/b4-3+,7-6+,9-8+. The Bertz CT molecular complexity index is 298. The zero-order chi connectivity index (χ0) is 13.5. The molecule has 0 aliphatic heterocycles. The lowest BCUT2D eigenvalue weighted by Gasteiger charge is -1.96. The monoisotopic (exact) mass is 248 g/mol. The zero-order valence-electron chi connectivity index (χ0n) is 11.1. The second-order valence-electron chi connectivity index (χ2n) is 4.10. The van der Waals surface area contributed by atoms with E-state index in [2.05, 4.69) is 37.0 Å². The van der Waals surface area contributed by atoms with Crippen LogP contribution >= 0.6 is 0 Å². The fourth-order valence-corrected chi connectivity index (χ4v) is 1.48. The number of rotatable bonds is 11. The van der Waals surface area contributed by atoms with E-state index >= 15 is 0 Å². The summed E-state index contributed by atoms with van der Waals surface area (Å²) in [6, 6.07) is 0. The van der Waals surface area contributed by atoms with E-state index in [-0.39, 0.29) is 0 Å². The van der Waals surface area contributed by atoms with Gasteiger partial charge in [0.15, 0.2) is 0 Å². The van der Waals surface area contributed by atoms with Crippen LogP contribution in [0.2, 0.25) is 0 Å². The molecule has 0 rings (SSSR count). The van der Waals surface area contributed by atoms with Gasteiger partial charge in [-0.1, -0.05) is 62.0 Å². The van der Waals surface area contributed by atoms with Crippen LogP contribution in [-0.4, -0.2) is 11.1 Å². The van der Waals surface area contributed by atoms with Crippen LogP contribution in [0.25, 0.3) is 0 Å². The van der Waals surface area contributed by atoms with E-state index in [0.29, 0.717) is 6.42 Å². The third kappa shape index (κ3) is 14.4. The molecule has 0 heterocycles. The highest BCUT2D eigenvalue weighted by Gasteiger charge is 1.95. The van der Waals surface area contributed by atoms with Gasteiger partial charge in [0.05, 0.1) is 0 Å². The Morgan fingerprint density at radius 2 is 1.61 bits per heavy atom. The number of aliphatic carboxylic acids is 1. The molecule has 0 saturated heterocycles. The van der Waals surface area contributed by atoms with Crippen LogP contribution in [0.3, 0.4) is 0 Å². The van der Waals surface area contributed by atoms with Gasteiger partial charge in [-0.15, -0.1) is 0 Å². The van der Waals surface area contributed by atoms with E-state index in [1.807, 2.05) is 6.08 Å². The van der Waals surface area contributed by atoms with E-state index in [1.54, 1.807) is 6.08 Å². The smallest absolute Gasteiger partial charge is 0.303 e. The molecule has 0 aliphatic carbocycles. The molecular formula is C16H24O2. The molecule has 2 heteroatoms. The van der Waals surface area contributed by atoms with Gasteiger partial charge in [0.1, 0.15) is 0 Å². The Labute approximate surface area is 110 Å². The summed E-state index contributed by atoms with van der Waals surface area (Å²) < 4.78 is 0. The maximum absolute atomic E-state index is 10.3. The predicted octanol–water partition coefficient (Wildman–Crippen LogP) is 4.66. The fourth-order valence-electron chi connectivity index (χ4n) is 1.48. The highest BCUT2D eigenvalue weighted by atomic mass is 16.4.